The second-order valence-electron chi connectivity index (χ2n) is 4.50. The van der Waals surface area contributed by atoms with Gasteiger partial charge in [-0.25, -0.2) is 4.98 Å². The zero-order valence-electron chi connectivity index (χ0n) is 9.07. The van der Waals surface area contributed by atoms with Crippen molar-refractivity contribution in [3.63, 3.8) is 0 Å². The number of rotatable bonds is 1. The molecule has 3 nitrogen and oxygen atoms in total. The summed E-state index contributed by atoms with van der Waals surface area (Å²) in [7, 11) is -2.26. The van der Waals surface area contributed by atoms with Gasteiger partial charge in [-0.2, -0.15) is 0 Å². The van der Waals surface area contributed by atoms with E-state index in [9.17, 15) is 4.21 Å². The average molecular weight is 212 g/mol. The maximum atomic E-state index is 11.7. The van der Waals surface area contributed by atoms with Crippen LogP contribution in [0.2, 0.25) is 0 Å². The van der Waals surface area contributed by atoms with E-state index in [0.717, 1.165) is 5.69 Å². The van der Waals surface area contributed by atoms with Crippen LogP contribution in [0, 0.1) is 0 Å². The van der Waals surface area contributed by atoms with Crippen molar-refractivity contribution < 1.29 is 4.21 Å². The molecule has 4 heteroatoms. The molecule has 1 unspecified atom stereocenters. The normalized spacial score (nSPS) is 16.3. The molecule has 0 bridgehead atoms. The number of aromatic nitrogens is 2. The Kier molecular flexibility index (Phi) is 2.67. The predicted octanol–water partition coefficient (Wildman–Crippen LogP) is 1.48. The van der Waals surface area contributed by atoms with E-state index in [-0.39, 0.29) is 5.41 Å². The maximum Gasteiger partial charge on any atom is 0.137 e. The van der Waals surface area contributed by atoms with Gasteiger partial charge in [-0.15, -0.1) is 0 Å². The highest BCUT2D eigenvalue weighted by Crippen LogP contribution is 2.19. The summed E-state index contributed by atoms with van der Waals surface area (Å²) in [5, 5.41) is 0.477. The molecular weight excluding hydrogens is 196 g/mol. The highest BCUT2D eigenvalue weighted by atomic mass is 32.2. The summed E-state index contributed by atoms with van der Waals surface area (Å²) < 4.78 is 11.7. The molecule has 0 aliphatic heterocycles. The maximum absolute atomic E-state index is 11.7. The Bertz CT molecular complexity index is 430. The van der Waals surface area contributed by atoms with Crippen LogP contribution in [0.15, 0.2) is 17.4 Å². The summed E-state index contributed by atoms with van der Waals surface area (Å²) in [6.45, 7) is 6.13. The first kappa shape index (κ1) is 11.2. The Hall–Kier alpha value is -0.900. The van der Waals surface area contributed by atoms with Gasteiger partial charge >= 0.3 is 0 Å². The lowest BCUT2D eigenvalue weighted by Crippen LogP contribution is -2.16. The van der Waals surface area contributed by atoms with Crippen molar-refractivity contribution in [1.82, 2.24) is 9.97 Å². The fourth-order valence-electron chi connectivity index (χ4n) is 0.917. The molecule has 0 radical (unpaired) electrons. The highest BCUT2D eigenvalue weighted by Gasteiger charge is 2.17. The standard InChI is InChI=1S/C10H16N2OS/c1-10(2,3)8-6-11-7-9(12-8)14(4,5)13/h6-7H,4H2,1-3,5H3. The van der Waals surface area contributed by atoms with Gasteiger partial charge in [-0.1, -0.05) is 20.8 Å². The smallest absolute Gasteiger partial charge is 0.137 e. The van der Waals surface area contributed by atoms with Crippen LogP contribution in [0.1, 0.15) is 26.5 Å². The first-order chi connectivity index (χ1) is 6.21. The van der Waals surface area contributed by atoms with Crippen molar-refractivity contribution in [1.29, 1.82) is 0 Å². The Morgan fingerprint density at radius 3 is 2.36 bits per heavy atom. The van der Waals surface area contributed by atoms with Crippen molar-refractivity contribution >= 4 is 15.4 Å². The van der Waals surface area contributed by atoms with Gasteiger partial charge in [0.2, 0.25) is 0 Å². The van der Waals surface area contributed by atoms with Gasteiger partial charge in [0.15, 0.2) is 0 Å². The summed E-state index contributed by atoms with van der Waals surface area (Å²) in [5.74, 6) is 3.59. The molecule has 0 spiro atoms. The molecule has 14 heavy (non-hydrogen) atoms. The molecule has 0 fully saturated rings. The third-order valence-corrected chi connectivity index (χ3v) is 2.90. The minimum Gasteiger partial charge on any atom is -0.262 e. The molecule has 1 aromatic heterocycles. The van der Waals surface area contributed by atoms with E-state index >= 15 is 0 Å². The van der Waals surface area contributed by atoms with Crippen molar-refractivity contribution in [2.45, 2.75) is 31.2 Å². The van der Waals surface area contributed by atoms with E-state index < -0.39 is 9.52 Å². The SMILES string of the molecule is C=S(C)(=O)c1cncc(C(C)(C)C)n1. The Morgan fingerprint density at radius 2 is 1.93 bits per heavy atom. The summed E-state index contributed by atoms with van der Waals surface area (Å²) in [6.07, 6.45) is 4.79. The molecule has 0 N–H and O–H groups in total. The molecule has 0 amide bonds. The topological polar surface area (TPSA) is 42.9 Å². The van der Waals surface area contributed by atoms with E-state index in [1.165, 1.54) is 6.20 Å². The van der Waals surface area contributed by atoms with Gasteiger partial charge < -0.3 is 0 Å². The van der Waals surface area contributed by atoms with Gasteiger partial charge in [-0.3, -0.25) is 9.19 Å². The quantitative estimate of drug-likeness (QED) is 0.662. The molecule has 0 saturated heterocycles. The van der Waals surface area contributed by atoms with Gasteiger partial charge in [0, 0.05) is 27.4 Å². The van der Waals surface area contributed by atoms with E-state index in [0.29, 0.717) is 5.03 Å². The minimum atomic E-state index is -2.26. The van der Waals surface area contributed by atoms with Crippen LogP contribution >= 0.6 is 0 Å². The van der Waals surface area contributed by atoms with Crippen LogP contribution in [0.5, 0.6) is 0 Å². The van der Waals surface area contributed by atoms with Gasteiger partial charge in [0.1, 0.15) is 5.03 Å². The molecule has 1 rings (SSSR count). The average Bonchev–Trinajstić information content (AvgIpc) is 2.01. The summed E-state index contributed by atoms with van der Waals surface area (Å²) in [5.41, 5.74) is 0.765. The lowest BCUT2D eigenvalue weighted by atomic mass is 9.93. The van der Waals surface area contributed by atoms with Crippen molar-refractivity contribution in [3.8, 4) is 0 Å². The van der Waals surface area contributed by atoms with Crippen molar-refractivity contribution in [2.24, 2.45) is 0 Å². The van der Waals surface area contributed by atoms with Crippen LogP contribution in [-0.4, -0.2) is 26.3 Å². The third-order valence-electron chi connectivity index (χ3n) is 1.82. The second-order valence-corrected chi connectivity index (χ2v) is 6.93. The Morgan fingerprint density at radius 1 is 1.36 bits per heavy atom. The van der Waals surface area contributed by atoms with Crippen molar-refractivity contribution in [2.75, 3.05) is 6.26 Å². The van der Waals surface area contributed by atoms with Crippen LogP contribution in [-0.2, 0) is 14.9 Å². The zero-order chi connectivity index (χ0) is 11.0. The number of nitrogens with zero attached hydrogens (tertiary/aromatic N) is 2. The lowest BCUT2D eigenvalue weighted by molar-refractivity contribution is 0.557. The molecule has 0 saturated carbocycles. The molecule has 0 aromatic carbocycles. The molecular formula is C10H16N2OS. The largest absolute Gasteiger partial charge is 0.262 e. The summed E-state index contributed by atoms with van der Waals surface area (Å²) >= 11 is 0. The monoisotopic (exact) mass is 212 g/mol. The predicted molar refractivity (Wildman–Crippen MR) is 60.2 cm³/mol. The summed E-state index contributed by atoms with van der Waals surface area (Å²) in [4.78, 5) is 8.35. The minimum absolute atomic E-state index is 0.0757. The molecule has 0 aliphatic carbocycles. The second kappa shape index (κ2) is 3.35. The number of hydrogen-bond acceptors (Lipinski definition) is 3. The summed E-state index contributed by atoms with van der Waals surface area (Å²) in [6, 6.07) is 0. The van der Waals surface area contributed by atoms with Crippen LogP contribution in [0.3, 0.4) is 0 Å². The number of hydrogen-bond donors (Lipinski definition) is 0. The van der Waals surface area contributed by atoms with Gasteiger partial charge in [0.25, 0.3) is 0 Å². The first-order valence-corrected chi connectivity index (χ1v) is 6.49. The molecule has 78 valence electrons. The van der Waals surface area contributed by atoms with E-state index in [1.807, 2.05) is 20.8 Å². The first-order valence-electron chi connectivity index (χ1n) is 4.36. The Balaban J connectivity index is 3.29. The Labute approximate surface area is 85.6 Å². The fourth-order valence-corrected chi connectivity index (χ4v) is 1.49. The van der Waals surface area contributed by atoms with Gasteiger partial charge in [0.05, 0.1) is 11.9 Å². The fraction of sp³-hybridized carbons (Fsp3) is 0.500. The lowest BCUT2D eigenvalue weighted by Gasteiger charge is -2.17. The zero-order valence-corrected chi connectivity index (χ0v) is 9.89. The highest BCUT2D eigenvalue weighted by molar-refractivity contribution is 7.99. The molecule has 1 aromatic rings. The van der Waals surface area contributed by atoms with Crippen LogP contribution in [0.4, 0.5) is 0 Å². The van der Waals surface area contributed by atoms with Gasteiger partial charge in [-0.05, 0) is 5.87 Å². The van der Waals surface area contributed by atoms with Crippen molar-refractivity contribution in [3.05, 3.63) is 18.1 Å². The molecule has 1 heterocycles. The van der Waals surface area contributed by atoms with E-state index in [1.54, 1.807) is 12.5 Å². The van der Waals surface area contributed by atoms with Crippen LogP contribution in [0.25, 0.3) is 0 Å². The molecule has 1 atom stereocenters. The third kappa shape index (κ3) is 2.54. The van der Waals surface area contributed by atoms with E-state index in [2.05, 4.69) is 15.8 Å². The van der Waals surface area contributed by atoms with E-state index in [4.69, 9.17) is 0 Å². The van der Waals surface area contributed by atoms with Crippen LogP contribution < -0.4 is 0 Å². The molecule has 0 aliphatic rings.